The lowest BCUT2D eigenvalue weighted by Gasteiger charge is -2.25. The molecule has 0 heterocycles. The molecule has 1 N–H and O–H groups in total. The van der Waals surface area contributed by atoms with Gasteiger partial charge in [-0.1, -0.05) is 20.8 Å². The van der Waals surface area contributed by atoms with Crippen LogP contribution in [0.2, 0.25) is 0 Å². The summed E-state index contributed by atoms with van der Waals surface area (Å²) >= 11 is 0. The van der Waals surface area contributed by atoms with Crippen LogP contribution in [0.1, 0.15) is 20.8 Å². The highest BCUT2D eigenvalue weighted by Crippen LogP contribution is 2.48. The van der Waals surface area contributed by atoms with E-state index >= 15 is 0 Å². The molecule has 0 aromatic carbocycles. The quantitative estimate of drug-likeness (QED) is 0.611. The average molecular weight is 351 g/mol. The highest BCUT2D eigenvalue weighted by atomic mass is 32.2. The van der Waals surface area contributed by atoms with Crippen molar-refractivity contribution in [3.63, 3.8) is 0 Å². The lowest BCUT2D eigenvalue weighted by molar-refractivity contribution is -0.333. The van der Waals surface area contributed by atoms with Gasteiger partial charge < -0.3 is 4.90 Å². The highest BCUT2D eigenvalue weighted by Gasteiger charge is 2.78. The van der Waals surface area contributed by atoms with E-state index in [4.69, 9.17) is 4.55 Å². The number of nitrogens with zero attached hydrogens (tertiary/aromatic N) is 1. The van der Waals surface area contributed by atoms with Crippen LogP contribution in [-0.4, -0.2) is 54.9 Å². The number of hydrogen-bond acceptors (Lipinski definition) is 3. The first-order chi connectivity index (χ1) is 9.10. The molecule has 0 aromatic heterocycles. The van der Waals surface area contributed by atoms with E-state index in [1.807, 2.05) is 0 Å². The third kappa shape index (κ3) is 5.58. The van der Waals surface area contributed by atoms with Gasteiger partial charge >= 0.3 is 27.5 Å². The molecule has 0 radical (unpaired) electrons. The molecule has 0 saturated heterocycles. The molecule has 0 bridgehead atoms. The van der Waals surface area contributed by atoms with Crippen LogP contribution in [0.15, 0.2) is 0 Å². The summed E-state index contributed by atoms with van der Waals surface area (Å²) in [6.45, 7) is 10.1. The molecule has 0 aliphatic rings. The van der Waals surface area contributed by atoms with Crippen LogP contribution in [0.3, 0.4) is 0 Å². The summed E-state index contributed by atoms with van der Waals surface area (Å²) < 4.78 is 108. The highest BCUT2D eigenvalue weighted by molar-refractivity contribution is 7.87. The smallest absolute Gasteiger partial charge is 0.304 e. The van der Waals surface area contributed by atoms with E-state index in [1.165, 1.54) is 19.6 Å². The van der Waals surface area contributed by atoms with Crippen molar-refractivity contribution in [2.75, 3.05) is 19.6 Å². The lowest BCUT2D eigenvalue weighted by Crippen LogP contribution is -2.55. The maximum absolute atomic E-state index is 11.9. The van der Waals surface area contributed by atoms with Gasteiger partial charge in [-0.05, 0) is 19.6 Å². The Morgan fingerprint density at radius 3 is 1.19 bits per heavy atom. The molecule has 4 nitrogen and oxygen atoms in total. The van der Waals surface area contributed by atoms with Crippen molar-refractivity contribution in [3.05, 3.63) is 0 Å². The second kappa shape index (κ2) is 7.58. The van der Waals surface area contributed by atoms with Crippen molar-refractivity contribution in [1.29, 1.82) is 0 Å². The minimum Gasteiger partial charge on any atom is -0.304 e. The predicted octanol–water partition coefficient (Wildman–Crippen LogP) is 3.01. The van der Waals surface area contributed by atoms with Gasteiger partial charge in [0.05, 0.1) is 0 Å². The summed E-state index contributed by atoms with van der Waals surface area (Å²) in [7, 11) is -6.85. The largest absolute Gasteiger partial charge is 0.461 e. The molecule has 0 saturated carbocycles. The van der Waals surface area contributed by atoms with E-state index in [9.17, 15) is 39.2 Å². The minimum absolute atomic E-state index is 1.19. The molecule has 0 unspecified atom stereocenters. The van der Waals surface area contributed by atoms with E-state index in [0.717, 1.165) is 0 Å². The number of halogens is 7. The summed E-state index contributed by atoms with van der Waals surface area (Å²) in [4.78, 5) is 2.38. The molecule has 0 atom stereocenters. The van der Waals surface area contributed by atoms with Gasteiger partial charge in [-0.25, -0.2) is 0 Å². The fraction of sp³-hybridized carbons (Fsp3) is 1.00. The Hall–Kier alpha value is -0.620. The SMILES string of the molecule is CCN(CC)CC.O=S(=O)(O)C(F)(F)C(F)(F)C(F)(F)F. The van der Waals surface area contributed by atoms with E-state index < -0.39 is 27.5 Å². The minimum atomic E-state index is -6.85. The maximum atomic E-state index is 11.9. The third-order valence-electron chi connectivity index (χ3n) is 2.39. The number of alkyl halides is 7. The van der Waals surface area contributed by atoms with Crippen molar-refractivity contribution >= 4 is 10.1 Å². The first kappa shape index (κ1) is 22.7. The van der Waals surface area contributed by atoms with Crippen LogP contribution < -0.4 is 0 Å². The molecular formula is C9H16F7NO3S. The van der Waals surface area contributed by atoms with Crippen molar-refractivity contribution in [3.8, 4) is 0 Å². The zero-order chi connectivity index (χ0) is 17.7. The zero-order valence-electron chi connectivity index (χ0n) is 11.4. The fourth-order valence-electron chi connectivity index (χ4n) is 0.998. The Morgan fingerprint density at radius 2 is 1.14 bits per heavy atom. The van der Waals surface area contributed by atoms with Gasteiger partial charge in [0.1, 0.15) is 0 Å². The number of hydrogen-bond donors (Lipinski definition) is 1. The van der Waals surface area contributed by atoms with Gasteiger partial charge in [-0.15, -0.1) is 0 Å². The summed E-state index contributed by atoms with van der Waals surface area (Å²) in [5, 5.41) is -6.61. The monoisotopic (exact) mass is 351 g/mol. The maximum Gasteiger partial charge on any atom is 0.461 e. The second-order valence-corrected chi connectivity index (χ2v) is 5.15. The van der Waals surface area contributed by atoms with Crippen molar-refractivity contribution in [2.24, 2.45) is 0 Å². The molecule has 0 amide bonds. The first-order valence-corrected chi connectivity index (χ1v) is 7.05. The summed E-state index contributed by atoms with van der Waals surface area (Å²) in [6.07, 6.45) is -6.79. The van der Waals surface area contributed by atoms with Crippen molar-refractivity contribution in [2.45, 2.75) is 38.1 Å². The Morgan fingerprint density at radius 1 is 0.857 bits per heavy atom. The lowest BCUT2D eigenvalue weighted by atomic mass is 10.3. The van der Waals surface area contributed by atoms with Crippen LogP contribution >= 0.6 is 0 Å². The summed E-state index contributed by atoms with van der Waals surface area (Å²) in [6, 6.07) is 0. The number of rotatable bonds is 5. The Kier molecular flexibility index (Phi) is 8.18. The standard InChI is InChI=1S/C6H15N.C3HF7O3S/c1-4-7(5-2)6-3;4-1(5,2(6,7)8)3(9,10)14(11,12)13/h4-6H2,1-3H3;(H,11,12,13). The Bertz CT molecular complexity index is 399. The van der Waals surface area contributed by atoms with Gasteiger partial charge in [-0.2, -0.15) is 39.2 Å². The van der Waals surface area contributed by atoms with Crippen LogP contribution in [0.25, 0.3) is 0 Å². The topological polar surface area (TPSA) is 57.6 Å². The Balaban J connectivity index is 0. The molecule has 0 fully saturated rings. The third-order valence-corrected chi connectivity index (χ3v) is 3.29. The molecule has 130 valence electrons. The summed E-state index contributed by atoms with van der Waals surface area (Å²) in [5.41, 5.74) is 0. The fourth-order valence-corrected chi connectivity index (χ4v) is 1.44. The molecule has 0 aromatic rings. The van der Waals surface area contributed by atoms with Crippen LogP contribution in [0.5, 0.6) is 0 Å². The first-order valence-electron chi connectivity index (χ1n) is 5.61. The predicted molar refractivity (Wildman–Crippen MR) is 61.0 cm³/mol. The molecule has 0 rings (SSSR count). The molecule has 0 spiro atoms. The van der Waals surface area contributed by atoms with E-state index in [1.54, 1.807) is 0 Å². The molecule has 0 aliphatic heterocycles. The van der Waals surface area contributed by atoms with E-state index in [-0.39, 0.29) is 0 Å². The van der Waals surface area contributed by atoms with Crippen molar-refractivity contribution in [1.82, 2.24) is 4.90 Å². The van der Waals surface area contributed by atoms with Crippen LogP contribution in [-0.2, 0) is 10.1 Å². The van der Waals surface area contributed by atoms with E-state index in [0.29, 0.717) is 0 Å². The van der Waals surface area contributed by atoms with Gasteiger partial charge in [0.25, 0.3) is 0 Å². The van der Waals surface area contributed by atoms with Crippen LogP contribution in [0, 0.1) is 0 Å². The Labute approximate surface area is 117 Å². The summed E-state index contributed by atoms with van der Waals surface area (Å²) in [5.74, 6) is -6.85. The molecule has 12 heteroatoms. The normalized spacial score (nSPS) is 13.9. The van der Waals surface area contributed by atoms with Gasteiger partial charge in [0, 0.05) is 0 Å². The van der Waals surface area contributed by atoms with Gasteiger partial charge in [-0.3, -0.25) is 4.55 Å². The average Bonchev–Trinajstić information content (AvgIpc) is 2.29. The molecular weight excluding hydrogens is 335 g/mol. The van der Waals surface area contributed by atoms with Gasteiger partial charge in [0.2, 0.25) is 0 Å². The van der Waals surface area contributed by atoms with E-state index in [2.05, 4.69) is 25.7 Å². The van der Waals surface area contributed by atoms with Gasteiger partial charge in [0.15, 0.2) is 0 Å². The molecule has 0 aliphatic carbocycles. The van der Waals surface area contributed by atoms with Crippen molar-refractivity contribution < 1.29 is 43.7 Å². The van der Waals surface area contributed by atoms with Crippen LogP contribution in [0.4, 0.5) is 30.7 Å². The second-order valence-electron chi connectivity index (χ2n) is 3.68. The zero-order valence-corrected chi connectivity index (χ0v) is 12.2. The molecule has 21 heavy (non-hydrogen) atoms.